The van der Waals surface area contributed by atoms with E-state index in [1.165, 1.54) is 12.1 Å². The van der Waals surface area contributed by atoms with Gasteiger partial charge < -0.3 is 15.8 Å². The Bertz CT molecular complexity index is 874. The van der Waals surface area contributed by atoms with E-state index in [1.54, 1.807) is 16.8 Å². The molecule has 2 aliphatic rings. The zero-order valence-electron chi connectivity index (χ0n) is 14.6. The Morgan fingerprint density at radius 3 is 2.62 bits per heavy atom. The minimum atomic E-state index is -0.363. The minimum absolute atomic E-state index is 0.109. The van der Waals surface area contributed by atoms with Gasteiger partial charge in [0.25, 0.3) is 0 Å². The molecule has 0 aliphatic carbocycles. The zero-order chi connectivity index (χ0) is 18.4. The average Bonchev–Trinajstić information content (AvgIpc) is 3.28. The van der Waals surface area contributed by atoms with Gasteiger partial charge in [-0.2, -0.15) is 5.10 Å². The van der Waals surface area contributed by atoms with Gasteiger partial charge in [-0.15, -0.1) is 0 Å². The number of benzene rings is 1. The van der Waals surface area contributed by atoms with E-state index < -0.39 is 0 Å². The first-order chi connectivity index (χ1) is 12.5. The lowest BCUT2D eigenvalue weighted by molar-refractivity contribution is -0.126. The van der Waals surface area contributed by atoms with Gasteiger partial charge in [0.2, 0.25) is 5.91 Å². The van der Waals surface area contributed by atoms with E-state index in [2.05, 4.69) is 10.4 Å². The van der Waals surface area contributed by atoms with E-state index in [9.17, 15) is 9.18 Å². The molecule has 4 atom stereocenters. The van der Waals surface area contributed by atoms with Gasteiger partial charge in [-0.05, 0) is 38.1 Å². The zero-order valence-corrected chi connectivity index (χ0v) is 14.6. The van der Waals surface area contributed by atoms with Crippen LogP contribution in [0, 0.1) is 25.6 Å². The number of hydrogen-bond acceptors (Lipinski definition) is 4. The molecule has 2 aliphatic heterocycles. The third-order valence-electron chi connectivity index (χ3n) is 5.21. The summed E-state index contributed by atoms with van der Waals surface area (Å²) in [4.78, 5) is 12.6. The van der Waals surface area contributed by atoms with Crippen LogP contribution in [0.3, 0.4) is 0 Å². The summed E-state index contributed by atoms with van der Waals surface area (Å²) >= 11 is 0. The molecule has 1 amide bonds. The molecule has 0 spiro atoms. The monoisotopic (exact) mass is 356 g/mol. The molecule has 1 saturated heterocycles. The predicted octanol–water partition coefficient (Wildman–Crippen LogP) is 1.53. The van der Waals surface area contributed by atoms with Crippen molar-refractivity contribution in [1.82, 2.24) is 15.1 Å². The van der Waals surface area contributed by atoms with Gasteiger partial charge in [0.05, 0.1) is 29.5 Å². The van der Waals surface area contributed by atoms with Crippen molar-refractivity contribution < 1.29 is 13.9 Å². The van der Waals surface area contributed by atoms with Crippen molar-refractivity contribution in [2.24, 2.45) is 11.7 Å². The number of nitrogens with two attached hydrogens (primary N) is 1. The number of nitrogens with one attached hydrogen (secondary N) is 1. The summed E-state index contributed by atoms with van der Waals surface area (Å²) in [7, 11) is 0. The molecule has 4 rings (SSSR count). The smallest absolute Gasteiger partial charge is 0.228 e. The second-order valence-electron chi connectivity index (χ2n) is 6.81. The summed E-state index contributed by atoms with van der Waals surface area (Å²) in [5, 5.41) is 7.49. The summed E-state index contributed by atoms with van der Waals surface area (Å²) in [6, 6.07) is 5.84. The number of ether oxygens (including phenoxy) is 1. The molecular weight excluding hydrogens is 335 g/mol. The van der Waals surface area contributed by atoms with Crippen LogP contribution in [-0.4, -0.2) is 33.9 Å². The number of carbonyl (C=O) groups is 1. The van der Waals surface area contributed by atoms with E-state index in [0.717, 1.165) is 22.6 Å². The van der Waals surface area contributed by atoms with Gasteiger partial charge >= 0.3 is 0 Å². The molecular formula is C19H21FN4O2. The first kappa shape index (κ1) is 16.9. The SMILES string of the molecule is Cc1nn(-c2ccc(F)cc2)c(C)c1CNC(=O)C1C2C=CC(O2)C1N. The molecule has 3 N–H and O–H groups in total. The molecule has 1 aromatic heterocycles. The van der Waals surface area contributed by atoms with Gasteiger partial charge in [-0.1, -0.05) is 12.2 Å². The Balaban J connectivity index is 1.50. The normalized spacial score (nSPS) is 26.5. The molecule has 136 valence electrons. The second kappa shape index (κ2) is 6.34. The van der Waals surface area contributed by atoms with Gasteiger partial charge in [0.1, 0.15) is 5.82 Å². The van der Waals surface area contributed by atoms with Crippen molar-refractivity contribution in [3.05, 3.63) is 59.2 Å². The molecule has 26 heavy (non-hydrogen) atoms. The molecule has 6 nitrogen and oxygen atoms in total. The second-order valence-corrected chi connectivity index (χ2v) is 6.81. The topological polar surface area (TPSA) is 82.2 Å². The molecule has 3 heterocycles. The average molecular weight is 356 g/mol. The molecule has 4 unspecified atom stereocenters. The number of aryl methyl sites for hydroxylation is 1. The van der Waals surface area contributed by atoms with E-state index in [-0.39, 0.29) is 35.9 Å². The maximum absolute atomic E-state index is 13.1. The van der Waals surface area contributed by atoms with Crippen LogP contribution in [0.15, 0.2) is 36.4 Å². The largest absolute Gasteiger partial charge is 0.364 e. The number of rotatable bonds is 4. The Morgan fingerprint density at radius 1 is 1.27 bits per heavy atom. The number of fused-ring (bicyclic) bond motifs is 2. The number of amides is 1. The fourth-order valence-corrected chi connectivity index (χ4v) is 3.72. The molecule has 1 aromatic carbocycles. The summed E-state index contributed by atoms with van der Waals surface area (Å²) in [6.45, 7) is 4.19. The predicted molar refractivity (Wildman–Crippen MR) is 94.1 cm³/mol. The molecule has 1 fully saturated rings. The quantitative estimate of drug-likeness (QED) is 0.814. The summed E-state index contributed by atoms with van der Waals surface area (Å²) in [5.41, 5.74) is 9.54. The standard InChI is InChI=1S/C19H21FN4O2/c1-10-14(11(2)24(23-10)13-5-3-12(20)4-6-13)9-22-19(25)17-15-7-8-16(26-15)18(17)21/h3-8,15-18H,9,21H2,1-2H3,(H,22,25). The Morgan fingerprint density at radius 2 is 1.96 bits per heavy atom. The van der Waals surface area contributed by atoms with Crippen LogP contribution >= 0.6 is 0 Å². The number of carbonyl (C=O) groups excluding carboxylic acids is 1. The third-order valence-corrected chi connectivity index (χ3v) is 5.21. The Labute approximate surface area is 150 Å². The molecule has 2 aromatic rings. The molecule has 2 bridgehead atoms. The highest BCUT2D eigenvalue weighted by Gasteiger charge is 2.47. The highest BCUT2D eigenvalue weighted by atomic mass is 19.1. The van der Waals surface area contributed by atoms with Crippen molar-refractivity contribution in [3.8, 4) is 5.69 Å². The van der Waals surface area contributed by atoms with Crippen LogP contribution < -0.4 is 11.1 Å². The van der Waals surface area contributed by atoms with E-state index in [4.69, 9.17) is 10.5 Å². The Kier molecular flexibility index (Phi) is 4.13. The maximum atomic E-state index is 13.1. The highest BCUT2D eigenvalue weighted by Crippen LogP contribution is 2.33. The van der Waals surface area contributed by atoms with Crippen LogP contribution in [-0.2, 0) is 16.1 Å². The summed E-state index contributed by atoms with van der Waals surface area (Å²) in [5.74, 6) is -0.762. The lowest BCUT2D eigenvalue weighted by Gasteiger charge is -2.20. The molecule has 0 radical (unpaired) electrons. The Hall–Kier alpha value is -2.51. The van der Waals surface area contributed by atoms with Gasteiger partial charge in [0, 0.05) is 23.8 Å². The van der Waals surface area contributed by atoms with E-state index in [1.807, 2.05) is 26.0 Å². The van der Waals surface area contributed by atoms with Crippen molar-refractivity contribution in [2.75, 3.05) is 0 Å². The fraction of sp³-hybridized carbons (Fsp3) is 0.368. The molecule has 7 heteroatoms. The van der Waals surface area contributed by atoms with Gasteiger partial charge in [-0.25, -0.2) is 9.07 Å². The van der Waals surface area contributed by atoms with Crippen molar-refractivity contribution in [3.63, 3.8) is 0 Å². The lowest BCUT2D eigenvalue weighted by atomic mass is 9.89. The third kappa shape index (κ3) is 2.73. The lowest BCUT2D eigenvalue weighted by Crippen LogP contribution is -2.46. The van der Waals surface area contributed by atoms with Crippen molar-refractivity contribution >= 4 is 5.91 Å². The first-order valence-electron chi connectivity index (χ1n) is 8.64. The molecule has 0 saturated carbocycles. The van der Waals surface area contributed by atoms with Crippen LogP contribution in [0.25, 0.3) is 5.69 Å². The van der Waals surface area contributed by atoms with Gasteiger partial charge in [-0.3, -0.25) is 4.79 Å². The number of aromatic nitrogens is 2. The van der Waals surface area contributed by atoms with Crippen LogP contribution in [0.5, 0.6) is 0 Å². The van der Waals surface area contributed by atoms with Gasteiger partial charge in [0.15, 0.2) is 0 Å². The number of hydrogen-bond donors (Lipinski definition) is 2. The van der Waals surface area contributed by atoms with E-state index in [0.29, 0.717) is 6.54 Å². The number of halogens is 1. The van der Waals surface area contributed by atoms with Crippen LogP contribution in [0.2, 0.25) is 0 Å². The minimum Gasteiger partial charge on any atom is -0.364 e. The first-order valence-corrected chi connectivity index (χ1v) is 8.64. The summed E-state index contributed by atoms with van der Waals surface area (Å²) in [6.07, 6.45) is 3.42. The van der Waals surface area contributed by atoms with Crippen LogP contribution in [0.4, 0.5) is 4.39 Å². The maximum Gasteiger partial charge on any atom is 0.228 e. The fourth-order valence-electron chi connectivity index (χ4n) is 3.72. The van der Waals surface area contributed by atoms with Crippen LogP contribution in [0.1, 0.15) is 17.0 Å². The van der Waals surface area contributed by atoms with E-state index >= 15 is 0 Å². The van der Waals surface area contributed by atoms with Crippen molar-refractivity contribution in [1.29, 1.82) is 0 Å². The summed E-state index contributed by atoms with van der Waals surface area (Å²) < 4.78 is 20.5. The highest BCUT2D eigenvalue weighted by molar-refractivity contribution is 5.81. The number of nitrogens with zero attached hydrogens (tertiary/aromatic N) is 2. The van der Waals surface area contributed by atoms with Crippen molar-refractivity contribution in [2.45, 2.75) is 38.6 Å².